The minimum atomic E-state index is -0.564. The van der Waals surface area contributed by atoms with Gasteiger partial charge in [-0.2, -0.15) is 0 Å². The smallest absolute Gasteiger partial charge is 0.138 e. The number of ether oxygens (including phenoxy) is 1. The van der Waals surface area contributed by atoms with Crippen LogP contribution in [-0.4, -0.2) is 24.4 Å². The molecule has 1 unspecified atom stereocenters. The molecule has 1 aromatic carbocycles. The van der Waals surface area contributed by atoms with E-state index >= 15 is 0 Å². The van der Waals surface area contributed by atoms with Crippen molar-refractivity contribution in [3.63, 3.8) is 0 Å². The van der Waals surface area contributed by atoms with E-state index < -0.39 is 6.10 Å². The highest BCUT2D eigenvalue weighted by Crippen LogP contribution is 2.23. The first-order valence-electron chi connectivity index (χ1n) is 7.02. The van der Waals surface area contributed by atoms with E-state index in [1.54, 1.807) is 23.5 Å². The number of para-hydroxylation sites is 1. The Morgan fingerprint density at radius 1 is 1.33 bits per heavy atom. The molecular weight excluding hydrogens is 306 g/mol. The Morgan fingerprint density at radius 3 is 2.90 bits per heavy atom. The number of aliphatic hydroxyl groups excluding tert-OH is 1. The van der Waals surface area contributed by atoms with Crippen molar-refractivity contribution >= 4 is 22.9 Å². The first kappa shape index (κ1) is 16.3. The van der Waals surface area contributed by atoms with E-state index in [2.05, 4.69) is 23.7 Å². The van der Waals surface area contributed by atoms with Gasteiger partial charge in [0.15, 0.2) is 0 Å². The van der Waals surface area contributed by atoms with Crippen LogP contribution in [-0.2, 0) is 13.0 Å². The van der Waals surface area contributed by atoms with Crippen LogP contribution in [0.5, 0.6) is 5.75 Å². The van der Waals surface area contributed by atoms with Gasteiger partial charge in [0.25, 0.3) is 0 Å². The van der Waals surface area contributed by atoms with E-state index in [1.165, 1.54) is 10.4 Å². The van der Waals surface area contributed by atoms with Crippen LogP contribution in [0.4, 0.5) is 0 Å². The Bertz CT molecular complexity index is 559. The van der Waals surface area contributed by atoms with Crippen molar-refractivity contribution in [1.82, 2.24) is 5.32 Å². The van der Waals surface area contributed by atoms with Crippen LogP contribution in [0.25, 0.3) is 0 Å². The Labute approximate surface area is 134 Å². The molecule has 1 atom stereocenters. The van der Waals surface area contributed by atoms with Gasteiger partial charge in [-0.25, -0.2) is 0 Å². The van der Waals surface area contributed by atoms with Crippen LogP contribution in [0.2, 0.25) is 5.02 Å². The fourth-order valence-corrected chi connectivity index (χ4v) is 3.13. The van der Waals surface area contributed by atoms with Crippen molar-refractivity contribution in [2.24, 2.45) is 0 Å². The maximum Gasteiger partial charge on any atom is 0.138 e. The second-order valence-corrected chi connectivity index (χ2v) is 6.16. The number of benzene rings is 1. The van der Waals surface area contributed by atoms with Gasteiger partial charge in [0.05, 0.1) is 5.02 Å². The highest BCUT2D eigenvalue weighted by Gasteiger charge is 2.08. The largest absolute Gasteiger partial charge is 0.489 e. The van der Waals surface area contributed by atoms with Gasteiger partial charge < -0.3 is 15.2 Å². The molecule has 2 N–H and O–H groups in total. The lowest BCUT2D eigenvalue weighted by Crippen LogP contribution is -2.31. The monoisotopic (exact) mass is 325 g/mol. The molecule has 0 fully saturated rings. The van der Waals surface area contributed by atoms with Crippen molar-refractivity contribution in [3.05, 3.63) is 51.2 Å². The number of hydrogen-bond donors (Lipinski definition) is 2. The van der Waals surface area contributed by atoms with Crippen LogP contribution < -0.4 is 10.1 Å². The summed E-state index contributed by atoms with van der Waals surface area (Å²) >= 11 is 7.74. The zero-order valence-corrected chi connectivity index (χ0v) is 13.6. The maximum atomic E-state index is 9.93. The SMILES string of the molecule is CCc1ccsc1CNCC(O)COc1ccccc1Cl. The summed E-state index contributed by atoms with van der Waals surface area (Å²) in [6.45, 7) is 3.65. The first-order valence-corrected chi connectivity index (χ1v) is 8.27. The standard InChI is InChI=1S/C16H20ClNO2S/c1-2-12-7-8-21-16(12)10-18-9-13(19)11-20-15-6-4-3-5-14(15)17/h3-8,13,18-19H,2,9-11H2,1H3. The number of aliphatic hydroxyl groups is 1. The summed E-state index contributed by atoms with van der Waals surface area (Å²) in [5.74, 6) is 0.602. The highest BCUT2D eigenvalue weighted by molar-refractivity contribution is 7.10. The lowest BCUT2D eigenvalue weighted by atomic mass is 10.2. The predicted molar refractivity (Wildman–Crippen MR) is 88.4 cm³/mol. The summed E-state index contributed by atoms with van der Waals surface area (Å²) in [5, 5.41) is 15.9. The van der Waals surface area contributed by atoms with Crippen LogP contribution in [0.1, 0.15) is 17.4 Å². The van der Waals surface area contributed by atoms with E-state index in [4.69, 9.17) is 16.3 Å². The Kier molecular flexibility index (Phi) is 6.51. The summed E-state index contributed by atoms with van der Waals surface area (Å²) in [7, 11) is 0. The molecule has 0 aliphatic carbocycles. The van der Waals surface area contributed by atoms with Crippen molar-refractivity contribution in [2.45, 2.75) is 26.0 Å². The highest BCUT2D eigenvalue weighted by atomic mass is 35.5. The minimum absolute atomic E-state index is 0.224. The molecule has 0 saturated heterocycles. The van der Waals surface area contributed by atoms with Gasteiger partial charge in [0.1, 0.15) is 18.5 Å². The van der Waals surface area contributed by atoms with E-state index in [0.717, 1.165) is 13.0 Å². The maximum absolute atomic E-state index is 9.93. The predicted octanol–water partition coefficient (Wildman–Crippen LogP) is 3.49. The normalized spacial score (nSPS) is 12.3. The third-order valence-corrected chi connectivity index (χ3v) is 4.43. The molecule has 3 nitrogen and oxygen atoms in total. The van der Waals surface area contributed by atoms with Crippen molar-refractivity contribution in [1.29, 1.82) is 0 Å². The molecule has 2 aromatic rings. The number of rotatable bonds is 8. The number of aryl methyl sites for hydroxylation is 1. The molecule has 0 radical (unpaired) electrons. The lowest BCUT2D eigenvalue weighted by Gasteiger charge is -2.14. The molecule has 0 aliphatic rings. The van der Waals surface area contributed by atoms with Crippen molar-refractivity contribution in [3.8, 4) is 5.75 Å². The van der Waals surface area contributed by atoms with Gasteiger partial charge >= 0.3 is 0 Å². The molecule has 0 bridgehead atoms. The quantitative estimate of drug-likeness (QED) is 0.780. The molecule has 1 heterocycles. The van der Waals surface area contributed by atoms with Crippen LogP contribution in [0, 0.1) is 0 Å². The minimum Gasteiger partial charge on any atom is -0.489 e. The van der Waals surface area contributed by atoms with Crippen molar-refractivity contribution in [2.75, 3.05) is 13.2 Å². The van der Waals surface area contributed by atoms with Gasteiger partial charge in [-0.05, 0) is 35.6 Å². The molecule has 0 saturated carbocycles. The Hall–Kier alpha value is -1.07. The van der Waals surface area contributed by atoms with E-state index in [-0.39, 0.29) is 6.61 Å². The van der Waals surface area contributed by atoms with Crippen LogP contribution in [0.3, 0.4) is 0 Å². The second kappa shape index (κ2) is 8.39. The number of halogens is 1. The molecule has 2 rings (SSSR count). The third-order valence-electron chi connectivity index (χ3n) is 3.15. The van der Waals surface area contributed by atoms with Gasteiger partial charge in [0, 0.05) is 18.0 Å². The average Bonchev–Trinajstić information content (AvgIpc) is 2.94. The fraction of sp³-hybridized carbons (Fsp3) is 0.375. The topological polar surface area (TPSA) is 41.5 Å². The lowest BCUT2D eigenvalue weighted by molar-refractivity contribution is 0.106. The zero-order valence-electron chi connectivity index (χ0n) is 12.0. The molecule has 114 valence electrons. The number of nitrogens with one attached hydrogen (secondary N) is 1. The average molecular weight is 326 g/mol. The Balaban J connectivity index is 1.70. The van der Waals surface area contributed by atoms with Crippen LogP contribution >= 0.6 is 22.9 Å². The van der Waals surface area contributed by atoms with Gasteiger partial charge in [-0.1, -0.05) is 30.7 Å². The second-order valence-electron chi connectivity index (χ2n) is 4.75. The third kappa shape index (κ3) is 5.00. The van der Waals surface area contributed by atoms with E-state index in [0.29, 0.717) is 17.3 Å². The van der Waals surface area contributed by atoms with Gasteiger partial charge in [0.2, 0.25) is 0 Å². The molecule has 0 spiro atoms. The van der Waals surface area contributed by atoms with Crippen molar-refractivity contribution < 1.29 is 9.84 Å². The summed E-state index contributed by atoms with van der Waals surface area (Å²) < 4.78 is 5.51. The Morgan fingerprint density at radius 2 is 2.14 bits per heavy atom. The molecule has 5 heteroatoms. The van der Waals surface area contributed by atoms with E-state index in [9.17, 15) is 5.11 Å². The van der Waals surface area contributed by atoms with E-state index in [1.807, 2.05) is 12.1 Å². The fourth-order valence-electron chi connectivity index (χ4n) is 2.00. The summed E-state index contributed by atoms with van der Waals surface area (Å²) in [6.07, 6.45) is 0.477. The molecular formula is C16H20ClNO2S. The van der Waals surface area contributed by atoms with Gasteiger partial charge in [-0.15, -0.1) is 11.3 Å². The molecule has 0 amide bonds. The zero-order chi connectivity index (χ0) is 15.1. The van der Waals surface area contributed by atoms with Crippen LogP contribution in [0.15, 0.2) is 35.7 Å². The summed E-state index contributed by atoms with van der Waals surface area (Å²) in [5.41, 5.74) is 1.37. The first-order chi connectivity index (χ1) is 10.2. The van der Waals surface area contributed by atoms with Gasteiger partial charge in [-0.3, -0.25) is 0 Å². The summed E-state index contributed by atoms with van der Waals surface area (Å²) in [6, 6.07) is 9.42. The summed E-state index contributed by atoms with van der Waals surface area (Å²) in [4.78, 5) is 1.33. The number of hydrogen-bond acceptors (Lipinski definition) is 4. The molecule has 0 aliphatic heterocycles. The molecule has 1 aromatic heterocycles. The molecule has 21 heavy (non-hydrogen) atoms. The number of thiophene rings is 1.